The van der Waals surface area contributed by atoms with Crippen LogP contribution >= 0.6 is 0 Å². The van der Waals surface area contributed by atoms with Gasteiger partial charge in [-0.25, -0.2) is 0 Å². The first-order valence-corrected chi connectivity index (χ1v) is 18.5. The Labute approximate surface area is 313 Å². The van der Waals surface area contributed by atoms with Crippen LogP contribution in [0.15, 0.2) is 91.0 Å². The number of likely N-dealkylation sites (N-methyl/N-ethyl adjacent to an activating group) is 1. The Morgan fingerprint density at radius 1 is 0.944 bits per heavy atom. The molecule has 0 unspecified atom stereocenters. The summed E-state index contributed by atoms with van der Waals surface area (Å²) in [6.45, 7) is 0.215. The van der Waals surface area contributed by atoms with Crippen molar-refractivity contribution in [3.05, 3.63) is 113 Å². The third-order valence-corrected chi connectivity index (χ3v) is 11.3. The summed E-state index contributed by atoms with van der Waals surface area (Å²) >= 11 is 0. The molecule has 5 aliphatic rings. The van der Waals surface area contributed by atoms with Gasteiger partial charge >= 0.3 is 5.97 Å². The van der Waals surface area contributed by atoms with Gasteiger partial charge in [-0.05, 0) is 30.0 Å². The van der Waals surface area contributed by atoms with E-state index in [4.69, 9.17) is 19.0 Å². The van der Waals surface area contributed by atoms with Crippen LogP contribution in [0.25, 0.3) is 6.08 Å². The van der Waals surface area contributed by atoms with Crippen LogP contribution in [0.2, 0.25) is 0 Å². The molecule has 2 N–H and O–H groups in total. The van der Waals surface area contributed by atoms with Gasteiger partial charge in [0.25, 0.3) is 0 Å². The molecule has 282 valence electrons. The monoisotopic (exact) mass is 736 g/mol. The van der Waals surface area contributed by atoms with E-state index in [2.05, 4.69) is 5.32 Å². The summed E-state index contributed by atoms with van der Waals surface area (Å²) in [4.78, 5) is 65.5. The first-order chi connectivity index (χ1) is 26.2. The zero-order valence-electron chi connectivity index (χ0n) is 30.2. The molecule has 4 heterocycles. The molecule has 5 fully saturated rings. The first-order valence-electron chi connectivity index (χ1n) is 18.5. The van der Waals surface area contributed by atoms with Crippen LogP contribution in [0, 0.1) is 5.41 Å². The van der Waals surface area contributed by atoms with Crippen molar-refractivity contribution in [2.24, 2.45) is 5.41 Å². The third-order valence-electron chi connectivity index (χ3n) is 11.3. The van der Waals surface area contributed by atoms with E-state index in [9.17, 15) is 19.5 Å². The summed E-state index contributed by atoms with van der Waals surface area (Å²) in [5.74, 6) is -2.97. The number of hydrogen-bond donors (Lipinski definition) is 2. The fraction of sp³-hybridized carbons (Fsp3) is 0.415. The van der Waals surface area contributed by atoms with Crippen LogP contribution in [0.1, 0.15) is 41.5 Å². The van der Waals surface area contributed by atoms with E-state index in [1.54, 1.807) is 25.1 Å². The highest BCUT2D eigenvalue weighted by Crippen LogP contribution is 2.60. The molecule has 4 saturated heterocycles. The second-order valence-electron chi connectivity index (χ2n) is 14.7. The molecule has 7 atom stereocenters. The number of nitrogens with zero attached hydrogens (tertiary/aromatic N) is 3. The summed E-state index contributed by atoms with van der Waals surface area (Å²) in [7, 11) is 3.34. The molecule has 4 aliphatic heterocycles. The number of aliphatic hydroxyl groups is 1. The van der Waals surface area contributed by atoms with Gasteiger partial charge in [-0.1, -0.05) is 84.9 Å². The van der Waals surface area contributed by atoms with E-state index in [1.165, 1.54) is 16.0 Å². The molecule has 13 heteroatoms. The highest BCUT2D eigenvalue weighted by atomic mass is 16.8. The van der Waals surface area contributed by atoms with Crippen LogP contribution in [-0.4, -0.2) is 114 Å². The molecule has 2 bridgehead atoms. The molecule has 0 radical (unpaired) electrons. The zero-order valence-corrected chi connectivity index (χ0v) is 30.2. The van der Waals surface area contributed by atoms with Gasteiger partial charge < -0.3 is 34.4 Å². The molecule has 0 aromatic heterocycles. The van der Waals surface area contributed by atoms with Crippen LogP contribution < -0.4 is 5.32 Å². The highest BCUT2D eigenvalue weighted by molar-refractivity contribution is 5.97. The average molecular weight is 737 g/mol. The lowest BCUT2D eigenvalue weighted by Crippen LogP contribution is -2.70. The van der Waals surface area contributed by atoms with E-state index in [1.807, 2.05) is 84.9 Å². The highest BCUT2D eigenvalue weighted by Gasteiger charge is 2.77. The lowest BCUT2D eigenvalue weighted by molar-refractivity contribution is -0.214. The number of ether oxygens (including phenoxy) is 3. The van der Waals surface area contributed by atoms with Gasteiger partial charge in [-0.2, -0.15) is 5.06 Å². The summed E-state index contributed by atoms with van der Waals surface area (Å²) in [6.07, 6.45) is 0.796. The predicted molar refractivity (Wildman–Crippen MR) is 194 cm³/mol. The molecular weight excluding hydrogens is 692 g/mol. The number of esters is 1. The van der Waals surface area contributed by atoms with Crippen molar-refractivity contribution in [1.29, 1.82) is 0 Å². The smallest absolute Gasteiger partial charge is 0.327 e. The predicted octanol–water partition coefficient (Wildman–Crippen LogP) is 2.37. The van der Waals surface area contributed by atoms with E-state index in [0.29, 0.717) is 19.4 Å². The van der Waals surface area contributed by atoms with Gasteiger partial charge in [0.2, 0.25) is 23.5 Å². The molecular formula is C41H44N4O9. The van der Waals surface area contributed by atoms with Crippen molar-refractivity contribution in [3.8, 4) is 0 Å². The average Bonchev–Trinajstić information content (AvgIpc) is 3.93. The quantitative estimate of drug-likeness (QED) is 0.235. The topological polar surface area (TPSA) is 147 Å². The Morgan fingerprint density at radius 3 is 2.30 bits per heavy atom. The third kappa shape index (κ3) is 5.91. The molecule has 3 aromatic rings. The number of carbonyl (C=O) groups excluding carboxylic acids is 4. The SMILES string of the molecule is CN(C)C(=O)C=Cc1ccccc1CN1O[C@@H]2[C@H]3OC(c4ccccc4)(c4ccccc4)O[C@H]3[C@H]3C[C@]2(C(=O)N2CCC[C@@H]2C(=O)NCCO)[C@@H]1C(=O)O3. The van der Waals surface area contributed by atoms with Crippen molar-refractivity contribution in [2.75, 3.05) is 33.8 Å². The van der Waals surface area contributed by atoms with Gasteiger partial charge in [0.05, 0.1) is 13.2 Å². The molecule has 3 aromatic carbocycles. The maximum absolute atomic E-state index is 15.4. The molecule has 0 spiro atoms. The zero-order chi connectivity index (χ0) is 37.6. The minimum atomic E-state index is -1.50. The molecule has 54 heavy (non-hydrogen) atoms. The fourth-order valence-corrected chi connectivity index (χ4v) is 8.83. The number of benzene rings is 3. The van der Waals surface area contributed by atoms with E-state index in [-0.39, 0.29) is 43.8 Å². The fourth-order valence-electron chi connectivity index (χ4n) is 8.83. The number of fused-ring (bicyclic) bond motifs is 4. The molecule has 1 aliphatic carbocycles. The minimum absolute atomic E-state index is 0.0586. The molecule has 13 nitrogen and oxygen atoms in total. The van der Waals surface area contributed by atoms with Crippen molar-refractivity contribution in [3.63, 3.8) is 0 Å². The normalized spacial score (nSPS) is 29.5. The lowest BCUT2D eigenvalue weighted by Gasteiger charge is -2.50. The van der Waals surface area contributed by atoms with Crippen LogP contribution in [0.4, 0.5) is 0 Å². The number of hydroxylamine groups is 2. The van der Waals surface area contributed by atoms with Crippen LogP contribution in [0.3, 0.4) is 0 Å². The summed E-state index contributed by atoms with van der Waals surface area (Å²) in [5, 5.41) is 13.6. The number of nitrogens with one attached hydrogen (secondary N) is 1. The van der Waals surface area contributed by atoms with E-state index < -0.39 is 53.7 Å². The second-order valence-corrected chi connectivity index (χ2v) is 14.7. The minimum Gasteiger partial charge on any atom is -0.458 e. The van der Waals surface area contributed by atoms with Gasteiger partial charge in [0, 0.05) is 50.8 Å². The number of rotatable bonds is 10. The summed E-state index contributed by atoms with van der Waals surface area (Å²) < 4.78 is 20.3. The number of amides is 3. The maximum atomic E-state index is 15.4. The van der Waals surface area contributed by atoms with Gasteiger partial charge in [0.15, 0.2) is 6.04 Å². The summed E-state index contributed by atoms with van der Waals surface area (Å²) in [5.41, 5.74) is 1.44. The van der Waals surface area contributed by atoms with Gasteiger partial charge in [0.1, 0.15) is 35.9 Å². The van der Waals surface area contributed by atoms with Gasteiger partial charge in [-0.15, -0.1) is 0 Å². The Morgan fingerprint density at radius 2 is 1.61 bits per heavy atom. The maximum Gasteiger partial charge on any atom is 0.327 e. The number of carbonyl (C=O) groups is 4. The first kappa shape index (κ1) is 36.1. The van der Waals surface area contributed by atoms with Gasteiger partial charge in [-0.3, -0.25) is 24.0 Å². The van der Waals surface area contributed by atoms with E-state index >= 15 is 4.79 Å². The number of aliphatic hydroxyl groups excluding tert-OH is 1. The Bertz CT molecular complexity index is 1900. The molecule has 8 rings (SSSR count). The van der Waals surface area contributed by atoms with Crippen molar-refractivity contribution >= 4 is 29.8 Å². The lowest BCUT2D eigenvalue weighted by atomic mass is 9.62. The van der Waals surface area contributed by atoms with Crippen molar-refractivity contribution in [1.82, 2.24) is 20.2 Å². The Hall–Kier alpha value is -4.92. The molecule has 1 saturated carbocycles. The van der Waals surface area contributed by atoms with Crippen molar-refractivity contribution in [2.45, 2.75) is 68.1 Å². The van der Waals surface area contributed by atoms with Crippen molar-refractivity contribution < 1.29 is 43.3 Å². The number of hydrogen-bond acceptors (Lipinski definition) is 10. The van der Waals surface area contributed by atoms with E-state index in [0.717, 1.165) is 22.3 Å². The Balaban J connectivity index is 1.22. The standard InChI is InChI=1S/C41H44N4O9/c1-43(2)32(47)20-19-26-12-9-10-13-27(26)25-45-35-38(49)51-31-24-40(35,39(50)44-22-11-18-30(44)37(48)42-21-23-46)36(54-45)34-33(31)52-41(53-34,28-14-5-3-6-15-28)29-16-7-4-8-17-29/h3-10,12-17,19-20,30-31,33-36,46H,11,18,21-25H2,1-2H3,(H,42,48)/t30-,31-,33+,34+,35+,36-,40+/m1/s1. The second kappa shape index (κ2) is 14.4. The number of likely N-dealkylation sites (tertiary alicyclic amines) is 1. The largest absolute Gasteiger partial charge is 0.458 e. The summed E-state index contributed by atoms with van der Waals surface area (Å²) in [6, 6.07) is 24.6. The van der Waals surface area contributed by atoms with Crippen LogP contribution in [0.5, 0.6) is 0 Å². The Kier molecular flexibility index (Phi) is 9.61. The van der Waals surface area contributed by atoms with Crippen LogP contribution in [-0.2, 0) is 50.6 Å². The molecule has 3 amide bonds.